The molecule has 0 saturated heterocycles. The average molecular weight is 477 g/mol. The summed E-state index contributed by atoms with van der Waals surface area (Å²) < 4.78 is 69.2. The topological polar surface area (TPSA) is 104 Å². The molecule has 0 aliphatic heterocycles. The van der Waals surface area contributed by atoms with Gasteiger partial charge in [0.05, 0.1) is 11.9 Å². The molecule has 34 heavy (non-hydrogen) atoms. The van der Waals surface area contributed by atoms with Crippen molar-refractivity contribution < 1.29 is 26.7 Å². The summed E-state index contributed by atoms with van der Waals surface area (Å²) in [4.78, 5) is 15.4. The van der Waals surface area contributed by atoms with Gasteiger partial charge in [-0.1, -0.05) is 6.07 Å². The number of nitrogens with one attached hydrogen (secondary N) is 1. The van der Waals surface area contributed by atoms with E-state index < -0.39 is 35.2 Å². The van der Waals surface area contributed by atoms with E-state index in [4.69, 9.17) is 5.73 Å². The summed E-state index contributed by atoms with van der Waals surface area (Å²) in [6.45, 7) is 1.81. The largest absolute Gasteiger partial charge is 0.453 e. The average Bonchev–Trinajstić information content (AvgIpc) is 3.39. The number of anilines is 2. The number of alkyl halides is 3. The minimum atomic E-state index is -4.68. The van der Waals surface area contributed by atoms with Gasteiger partial charge >= 0.3 is 6.18 Å². The Kier molecular flexibility index (Phi) is 5.77. The highest BCUT2D eigenvalue weighted by atomic mass is 19.4. The smallest absolute Gasteiger partial charge is 0.364 e. The number of para-hydroxylation sites is 1. The zero-order valence-electron chi connectivity index (χ0n) is 17.4. The van der Waals surface area contributed by atoms with Gasteiger partial charge in [-0.2, -0.15) is 18.3 Å². The Hall–Kier alpha value is -4.29. The standard InChI is InChI=1S/C21H16F5N7O/c1-2-32-19(29-20(31-32)21(24,25)26)11-6-8-12(9-7-11)28-15-10-33(30-16(15)18(27)34)17-13(22)4-3-5-14(17)23/h3-10,28H,2H2,1H3,(H2,27,34). The van der Waals surface area contributed by atoms with Crippen LogP contribution in [0.2, 0.25) is 0 Å². The van der Waals surface area contributed by atoms with Crippen molar-refractivity contribution in [2.75, 3.05) is 5.32 Å². The third kappa shape index (κ3) is 4.31. The Balaban J connectivity index is 1.65. The van der Waals surface area contributed by atoms with Crippen molar-refractivity contribution in [3.05, 3.63) is 71.8 Å². The Labute approximate surface area is 188 Å². The molecular formula is C21H16F5N7O. The number of amides is 1. The summed E-state index contributed by atoms with van der Waals surface area (Å²) in [7, 11) is 0. The second-order valence-electron chi connectivity index (χ2n) is 7.05. The van der Waals surface area contributed by atoms with Crippen LogP contribution in [0.25, 0.3) is 17.1 Å². The molecule has 0 unspecified atom stereocenters. The number of primary amides is 1. The number of aryl methyl sites for hydroxylation is 1. The molecule has 0 radical (unpaired) electrons. The zero-order chi connectivity index (χ0) is 24.6. The summed E-state index contributed by atoms with van der Waals surface area (Å²) >= 11 is 0. The Bertz CT molecular complexity index is 1340. The fourth-order valence-corrected chi connectivity index (χ4v) is 3.22. The lowest BCUT2D eigenvalue weighted by Crippen LogP contribution is -2.14. The molecule has 2 heterocycles. The summed E-state index contributed by atoms with van der Waals surface area (Å²) in [6.07, 6.45) is -3.49. The van der Waals surface area contributed by atoms with Crippen LogP contribution >= 0.6 is 0 Å². The van der Waals surface area contributed by atoms with Crippen molar-refractivity contribution in [1.82, 2.24) is 24.5 Å². The van der Waals surface area contributed by atoms with Crippen LogP contribution in [-0.2, 0) is 12.7 Å². The van der Waals surface area contributed by atoms with Gasteiger partial charge in [0.15, 0.2) is 23.2 Å². The molecule has 0 aliphatic rings. The summed E-state index contributed by atoms with van der Waals surface area (Å²) in [5, 5.41) is 10.2. The Morgan fingerprint density at radius 3 is 2.26 bits per heavy atom. The first kappa shape index (κ1) is 22.9. The number of nitrogens with two attached hydrogens (primary N) is 1. The first-order valence-electron chi connectivity index (χ1n) is 9.81. The minimum Gasteiger partial charge on any atom is -0.364 e. The lowest BCUT2D eigenvalue weighted by molar-refractivity contribution is -0.144. The highest BCUT2D eigenvalue weighted by molar-refractivity contribution is 5.97. The predicted octanol–water partition coefficient (Wildman–Crippen LogP) is 4.29. The number of rotatable bonds is 6. The first-order chi connectivity index (χ1) is 16.1. The van der Waals surface area contributed by atoms with E-state index in [0.29, 0.717) is 11.3 Å². The molecule has 4 rings (SSSR count). The predicted molar refractivity (Wildman–Crippen MR) is 111 cm³/mol. The maximum atomic E-state index is 14.1. The molecule has 0 spiro atoms. The van der Waals surface area contributed by atoms with Crippen LogP contribution in [0.15, 0.2) is 48.7 Å². The molecule has 0 fully saturated rings. The number of aromatic nitrogens is 5. The lowest BCUT2D eigenvalue weighted by atomic mass is 10.2. The van der Waals surface area contributed by atoms with Crippen molar-refractivity contribution in [1.29, 1.82) is 0 Å². The zero-order valence-corrected chi connectivity index (χ0v) is 17.4. The van der Waals surface area contributed by atoms with E-state index >= 15 is 0 Å². The highest BCUT2D eigenvalue weighted by Crippen LogP contribution is 2.30. The second kappa shape index (κ2) is 8.57. The second-order valence-corrected chi connectivity index (χ2v) is 7.05. The van der Waals surface area contributed by atoms with Crippen molar-refractivity contribution in [3.63, 3.8) is 0 Å². The number of halogens is 5. The quantitative estimate of drug-likeness (QED) is 0.404. The van der Waals surface area contributed by atoms with E-state index in [0.717, 1.165) is 21.5 Å². The molecule has 0 atom stereocenters. The van der Waals surface area contributed by atoms with E-state index in [-0.39, 0.29) is 23.8 Å². The molecule has 1 amide bonds. The van der Waals surface area contributed by atoms with E-state index in [2.05, 4.69) is 20.5 Å². The Morgan fingerprint density at radius 2 is 1.71 bits per heavy atom. The molecule has 2 aromatic carbocycles. The van der Waals surface area contributed by atoms with Crippen LogP contribution in [0.4, 0.5) is 33.3 Å². The van der Waals surface area contributed by atoms with Crippen molar-refractivity contribution in [2.45, 2.75) is 19.6 Å². The van der Waals surface area contributed by atoms with Crippen LogP contribution < -0.4 is 11.1 Å². The van der Waals surface area contributed by atoms with Crippen molar-refractivity contribution in [3.8, 4) is 17.1 Å². The molecule has 0 bridgehead atoms. The molecule has 8 nitrogen and oxygen atoms in total. The van der Waals surface area contributed by atoms with E-state index in [1.165, 1.54) is 36.5 Å². The normalized spacial score (nSPS) is 11.6. The fraction of sp³-hybridized carbons (Fsp3) is 0.143. The van der Waals surface area contributed by atoms with Gasteiger partial charge in [0.1, 0.15) is 5.69 Å². The van der Waals surface area contributed by atoms with Crippen LogP contribution in [0, 0.1) is 11.6 Å². The number of carbonyl (C=O) groups excluding carboxylic acids is 1. The van der Waals surface area contributed by atoms with Gasteiger partial charge in [-0.25, -0.2) is 23.1 Å². The third-order valence-electron chi connectivity index (χ3n) is 4.76. The number of benzene rings is 2. The molecule has 0 aliphatic carbocycles. The van der Waals surface area contributed by atoms with Crippen molar-refractivity contribution in [2.24, 2.45) is 5.73 Å². The number of hydrogen-bond donors (Lipinski definition) is 2. The maximum absolute atomic E-state index is 14.1. The summed E-state index contributed by atoms with van der Waals surface area (Å²) in [5.41, 5.74) is 5.43. The van der Waals surface area contributed by atoms with E-state index in [1.54, 1.807) is 6.92 Å². The minimum absolute atomic E-state index is 0.0297. The van der Waals surface area contributed by atoms with Crippen LogP contribution in [0.1, 0.15) is 23.2 Å². The number of carbonyl (C=O) groups is 1. The molecule has 3 N–H and O–H groups in total. The fourth-order valence-electron chi connectivity index (χ4n) is 3.22. The van der Waals surface area contributed by atoms with E-state index in [9.17, 15) is 26.7 Å². The van der Waals surface area contributed by atoms with Gasteiger partial charge in [0.2, 0.25) is 0 Å². The molecule has 176 valence electrons. The van der Waals surface area contributed by atoms with Crippen LogP contribution in [0.5, 0.6) is 0 Å². The number of hydrogen-bond acceptors (Lipinski definition) is 5. The molecule has 13 heteroatoms. The molecule has 0 saturated carbocycles. The van der Waals surface area contributed by atoms with E-state index in [1.807, 2.05) is 0 Å². The van der Waals surface area contributed by atoms with Gasteiger partial charge in [-0.15, -0.1) is 5.10 Å². The van der Waals surface area contributed by atoms with Crippen LogP contribution in [-0.4, -0.2) is 30.5 Å². The summed E-state index contributed by atoms with van der Waals surface area (Å²) in [5.74, 6) is -3.95. The van der Waals surface area contributed by atoms with Gasteiger partial charge < -0.3 is 11.1 Å². The van der Waals surface area contributed by atoms with Gasteiger partial charge in [0, 0.05) is 17.8 Å². The SMILES string of the molecule is CCn1nc(C(F)(F)F)nc1-c1ccc(Nc2cn(-c3c(F)cccc3F)nc2C(N)=O)cc1. The summed E-state index contributed by atoms with van der Waals surface area (Å²) in [6, 6.07) is 9.30. The highest BCUT2D eigenvalue weighted by Gasteiger charge is 2.37. The van der Waals surface area contributed by atoms with Crippen LogP contribution in [0.3, 0.4) is 0 Å². The molecular weight excluding hydrogens is 461 g/mol. The third-order valence-corrected chi connectivity index (χ3v) is 4.76. The first-order valence-corrected chi connectivity index (χ1v) is 9.81. The maximum Gasteiger partial charge on any atom is 0.453 e. The van der Waals surface area contributed by atoms with Gasteiger partial charge in [0.25, 0.3) is 11.7 Å². The van der Waals surface area contributed by atoms with Gasteiger partial charge in [-0.3, -0.25) is 4.79 Å². The van der Waals surface area contributed by atoms with Gasteiger partial charge in [-0.05, 0) is 43.3 Å². The lowest BCUT2D eigenvalue weighted by Gasteiger charge is -2.07. The monoisotopic (exact) mass is 477 g/mol. The molecule has 4 aromatic rings. The number of nitrogens with zero attached hydrogens (tertiary/aromatic N) is 5. The van der Waals surface area contributed by atoms with Crippen molar-refractivity contribution >= 4 is 17.3 Å². The molecule has 2 aromatic heterocycles. The Morgan fingerprint density at radius 1 is 1.06 bits per heavy atom.